The Morgan fingerprint density at radius 3 is 2.86 bits per heavy atom. The van der Waals surface area contributed by atoms with Gasteiger partial charge in [-0.3, -0.25) is 4.79 Å². The normalized spacial score (nSPS) is 12.8. The molecular formula is C16H20FNO4. The van der Waals surface area contributed by atoms with Crippen LogP contribution in [0.3, 0.4) is 0 Å². The Kier molecular flexibility index (Phi) is 5.51. The predicted molar refractivity (Wildman–Crippen MR) is 80.2 cm³/mol. The number of para-hydroxylation sites is 1. The highest BCUT2D eigenvalue weighted by molar-refractivity contribution is 5.96. The van der Waals surface area contributed by atoms with Gasteiger partial charge in [0.15, 0.2) is 17.2 Å². The van der Waals surface area contributed by atoms with Gasteiger partial charge >= 0.3 is 0 Å². The van der Waals surface area contributed by atoms with Crippen LogP contribution in [-0.2, 0) is 4.74 Å². The number of ether oxygens (including phenoxy) is 1. The summed E-state index contributed by atoms with van der Waals surface area (Å²) in [5.74, 6) is -0.625. The number of nitrogens with one attached hydrogen (secondary N) is 1. The van der Waals surface area contributed by atoms with Crippen LogP contribution >= 0.6 is 0 Å². The summed E-state index contributed by atoms with van der Waals surface area (Å²) in [6.45, 7) is 4.75. The van der Waals surface area contributed by atoms with Gasteiger partial charge < -0.3 is 19.6 Å². The lowest BCUT2D eigenvalue weighted by Gasteiger charge is -2.12. The van der Waals surface area contributed by atoms with Crippen molar-refractivity contribution in [2.45, 2.75) is 20.0 Å². The number of carbonyl (C=O) groups excluding carboxylic acids is 1. The summed E-state index contributed by atoms with van der Waals surface area (Å²) < 4.78 is 24.0. The highest BCUT2D eigenvalue weighted by Gasteiger charge is 2.15. The second-order valence-electron chi connectivity index (χ2n) is 5.56. The molecule has 22 heavy (non-hydrogen) atoms. The van der Waals surface area contributed by atoms with Crippen LogP contribution in [0.4, 0.5) is 4.39 Å². The molecule has 1 heterocycles. The van der Waals surface area contributed by atoms with E-state index < -0.39 is 17.8 Å². The minimum atomic E-state index is -0.802. The largest absolute Gasteiger partial charge is 0.448 e. The van der Waals surface area contributed by atoms with Crippen LogP contribution in [0.5, 0.6) is 0 Å². The predicted octanol–water partition coefficient (Wildman–Crippen LogP) is 2.34. The van der Waals surface area contributed by atoms with E-state index in [0.29, 0.717) is 17.9 Å². The number of halogens is 1. The van der Waals surface area contributed by atoms with Crippen molar-refractivity contribution >= 4 is 16.9 Å². The fraction of sp³-hybridized carbons (Fsp3) is 0.438. The van der Waals surface area contributed by atoms with E-state index in [0.717, 1.165) is 0 Å². The van der Waals surface area contributed by atoms with Crippen molar-refractivity contribution < 1.29 is 23.4 Å². The first-order valence-electron chi connectivity index (χ1n) is 7.19. The van der Waals surface area contributed by atoms with Crippen LogP contribution in [-0.4, -0.2) is 36.9 Å². The molecule has 2 rings (SSSR count). The van der Waals surface area contributed by atoms with Gasteiger partial charge in [0.25, 0.3) is 5.91 Å². The number of amides is 1. The Hall–Kier alpha value is -1.92. The third-order valence-corrected chi connectivity index (χ3v) is 2.98. The van der Waals surface area contributed by atoms with Crippen LogP contribution in [0.1, 0.15) is 24.4 Å². The molecule has 6 heteroatoms. The standard InChI is InChI=1S/C16H20FNO4/c1-10(2)8-21-9-12(19)7-18-16(20)14-6-11-4-3-5-13(17)15(11)22-14/h3-6,10,12,19H,7-9H2,1-2H3,(H,18,20). The molecule has 1 aromatic heterocycles. The first-order chi connectivity index (χ1) is 10.5. The molecule has 1 amide bonds. The van der Waals surface area contributed by atoms with Crippen molar-refractivity contribution in [3.63, 3.8) is 0 Å². The monoisotopic (exact) mass is 309 g/mol. The minimum Gasteiger partial charge on any atom is -0.448 e. The lowest BCUT2D eigenvalue weighted by Crippen LogP contribution is -2.34. The summed E-state index contributed by atoms with van der Waals surface area (Å²) in [5.41, 5.74) is 0.0495. The average molecular weight is 309 g/mol. The first kappa shape index (κ1) is 16.5. The average Bonchev–Trinajstić information content (AvgIpc) is 2.90. The number of rotatable bonds is 7. The van der Waals surface area contributed by atoms with E-state index in [1.807, 2.05) is 13.8 Å². The lowest BCUT2D eigenvalue weighted by molar-refractivity contribution is 0.0257. The summed E-state index contributed by atoms with van der Waals surface area (Å²) >= 11 is 0. The van der Waals surface area contributed by atoms with Crippen molar-refractivity contribution in [3.8, 4) is 0 Å². The Bertz CT molecular complexity index is 638. The van der Waals surface area contributed by atoms with Gasteiger partial charge in [-0.25, -0.2) is 4.39 Å². The molecule has 0 radical (unpaired) electrons. The second-order valence-corrected chi connectivity index (χ2v) is 5.56. The minimum absolute atomic E-state index is 0.00963. The molecular weight excluding hydrogens is 289 g/mol. The lowest BCUT2D eigenvalue weighted by atomic mass is 10.2. The van der Waals surface area contributed by atoms with E-state index >= 15 is 0 Å². The Balaban J connectivity index is 1.87. The molecule has 0 spiro atoms. The van der Waals surface area contributed by atoms with E-state index in [4.69, 9.17) is 9.15 Å². The third-order valence-electron chi connectivity index (χ3n) is 2.98. The maximum Gasteiger partial charge on any atom is 0.287 e. The zero-order valence-electron chi connectivity index (χ0n) is 12.6. The number of hydrogen-bond donors (Lipinski definition) is 2. The van der Waals surface area contributed by atoms with Crippen LogP contribution in [0.2, 0.25) is 0 Å². The molecule has 1 unspecified atom stereocenters. The fourth-order valence-electron chi connectivity index (χ4n) is 1.94. The number of aliphatic hydroxyl groups excluding tert-OH is 1. The molecule has 0 aliphatic heterocycles. The van der Waals surface area contributed by atoms with Crippen molar-refractivity contribution in [2.24, 2.45) is 5.92 Å². The van der Waals surface area contributed by atoms with Crippen LogP contribution in [0, 0.1) is 11.7 Å². The number of furan rings is 1. The summed E-state index contributed by atoms with van der Waals surface area (Å²) in [7, 11) is 0. The number of fused-ring (bicyclic) bond motifs is 1. The molecule has 5 nitrogen and oxygen atoms in total. The van der Waals surface area contributed by atoms with Gasteiger partial charge in [-0.1, -0.05) is 26.0 Å². The van der Waals surface area contributed by atoms with E-state index in [2.05, 4.69) is 5.32 Å². The quantitative estimate of drug-likeness (QED) is 0.823. The molecule has 0 saturated carbocycles. The molecule has 0 aliphatic rings. The van der Waals surface area contributed by atoms with Gasteiger partial charge in [-0.2, -0.15) is 0 Å². The Morgan fingerprint density at radius 1 is 1.41 bits per heavy atom. The van der Waals surface area contributed by atoms with Crippen LogP contribution in [0.25, 0.3) is 11.0 Å². The second kappa shape index (κ2) is 7.38. The zero-order valence-corrected chi connectivity index (χ0v) is 12.6. The molecule has 120 valence electrons. The summed E-state index contributed by atoms with van der Waals surface area (Å²) in [4.78, 5) is 11.9. The van der Waals surface area contributed by atoms with Crippen molar-refractivity contribution in [2.75, 3.05) is 19.8 Å². The highest BCUT2D eigenvalue weighted by Crippen LogP contribution is 2.21. The molecule has 1 aromatic carbocycles. The summed E-state index contributed by atoms with van der Waals surface area (Å²) in [5, 5.41) is 12.8. The highest BCUT2D eigenvalue weighted by atomic mass is 19.1. The smallest absolute Gasteiger partial charge is 0.287 e. The van der Waals surface area contributed by atoms with Gasteiger partial charge in [0.05, 0.1) is 12.7 Å². The fourth-order valence-corrected chi connectivity index (χ4v) is 1.94. The topological polar surface area (TPSA) is 71.7 Å². The molecule has 1 atom stereocenters. The van der Waals surface area contributed by atoms with E-state index in [1.165, 1.54) is 12.1 Å². The van der Waals surface area contributed by atoms with Crippen molar-refractivity contribution in [3.05, 3.63) is 35.8 Å². The van der Waals surface area contributed by atoms with Gasteiger partial charge in [0, 0.05) is 18.5 Å². The first-order valence-corrected chi connectivity index (χ1v) is 7.19. The zero-order chi connectivity index (χ0) is 16.1. The molecule has 0 bridgehead atoms. The van der Waals surface area contributed by atoms with Gasteiger partial charge in [-0.15, -0.1) is 0 Å². The number of hydrogen-bond acceptors (Lipinski definition) is 4. The Labute approximate surface area is 128 Å². The van der Waals surface area contributed by atoms with Crippen molar-refractivity contribution in [1.82, 2.24) is 5.32 Å². The number of benzene rings is 1. The molecule has 2 N–H and O–H groups in total. The van der Waals surface area contributed by atoms with Crippen molar-refractivity contribution in [1.29, 1.82) is 0 Å². The third kappa shape index (κ3) is 4.29. The van der Waals surface area contributed by atoms with E-state index in [-0.39, 0.29) is 24.5 Å². The van der Waals surface area contributed by atoms with Crippen LogP contribution < -0.4 is 5.32 Å². The van der Waals surface area contributed by atoms with E-state index in [9.17, 15) is 14.3 Å². The maximum atomic E-state index is 13.5. The number of carbonyl (C=O) groups is 1. The molecule has 0 saturated heterocycles. The molecule has 2 aromatic rings. The SMILES string of the molecule is CC(C)COCC(O)CNC(=O)c1cc2cccc(F)c2o1. The van der Waals surface area contributed by atoms with Crippen LogP contribution in [0.15, 0.2) is 28.7 Å². The maximum absolute atomic E-state index is 13.5. The summed E-state index contributed by atoms with van der Waals surface area (Å²) in [6.07, 6.45) is -0.802. The van der Waals surface area contributed by atoms with Gasteiger partial charge in [0.1, 0.15) is 0 Å². The van der Waals surface area contributed by atoms with E-state index in [1.54, 1.807) is 12.1 Å². The summed E-state index contributed by atoms with van der Waals surface area (Å²) in [6, 6.07) is 5.94. The number of aliphatic hydroxyl groups is 1. The Morgan fingerprint density at radius 2 is 2.18 bits per heavy atom. The van der Waals surface area contributed by atoms with Gasteiger partial charge in [0.2, 0.25) is 0 Å². The molecule has 0 fully saturated rings. The molecule has 0 aliphatic carbocycles. The van der Waals surface area contributed by atoms with Gasteiger partial charge in [-0.05, 0) is 18.1 Å².